The van der Waals surface area contributed by atoms with Crippen molar-refractivity contribution in [3.8, 4) is 0 Å². The summed E-state index contributed by atoms with van der Waals surface area (Å²) in [6.45, 7) is 4.06. The zero-order valence-electron chi connectivity index (χ0n) is 4.99. The summed E-state index contributed by atoms with van der Waals surface area (Å²) >= 11 is 0. The van der Waals surface area contributed by atoms with Crippen molar-refractivity contribution >= 4 is 8.41 Å². The van der Waals surface area contributed by atoms with E-state index >= 15 is 0 Å². The molecular formula is C4H10BNW-. The molecule has 0 aromatic heterocycles. The van der Waals surface area contributed by atoms with Crippen LogP contribution < -0.4 is 5.32 Å². The van der Waals surface area contributed by atoms with Gasteiger partial charge in [0, 0.05) is 29.5 Å². The van der Waals surface area contributed by atoms with E-state index in [0.29, 0.717) is 0 Å². The van der Waals surface area contributed by atoms with E-state index in [2.05, 4.69) is 5.32 Å². The van der Waals surface area contributed by atoms with Crippen LogP contribution in [0, 0.1) is 6.04 Å². The topological polar surface area (TPSA) is 12.0 Å². The molecule has 0 heterocycles. The van der Waals surface area contributed by atoms with Gasteiger partial charge in [-0.25, -0.2) is 0 Å². The minimum atomic E-state index is 0. The van der Waals surface area contributed by atoms with Gasteiger partial charge in [0.25, 0.3) is 0 Å². The molecule has 0 saturated carbocycles. The first-order chi connectivity index (χ1) is 2.27. The summed E-state index contributed by atoms with van der Waals surface area (Å²) in [5, 5.41) is 2.94. The summed E-state index contributed by atoms with van der Waals surface area (Å²) in [5.74, 6) is 0. The zero-order chi connectivity index (χ0) is 4.28. The smallest absolute Gasteiger partial charge is 0 e. The van der Waals surface area contributed by atoms with E-state index in [0.717, 1.165) is 0 Å². The molecule has 0 aliphatic carbocycles. The van der Waals surface area contributed by atoms with Gasteiger partial charge in [0.1, 0.15) is 0 Å². The number of nitrogens with one attached hydrogen (secondary N) is 1. The molecular weight excluding hydrogens is 257 g/mol. The summed E-state index contributed by atoms with van der Waals surface area (Å²) in [7, 11) is 1.91. The quantitative estimate of drug-likeness (QED) is 0.535. The van der Waals surface area contributed by atoms with E-state index in [9.17, 15) is 0 Å². The van der Waals surface area contributed by atoms with Gasteiger partial charge in [0.15, 0.2) is 0 Å². The van der Waals surface area contributed by atoms with Crippen LogP contribution in [0.2, 0.25) is 0 Å². The molecule has 7 heavy (non-hydrogen) atoms. The number of rotatable bonds is 1. The molecule has 0 aromatic carbocycles. The molecule has 0 aliphatic heterocycles. The van der Waals surface area contributed by atoms with Gasteiger partial charge in [-0.1, -0.05) is 0 Å². The van der Waals surface area contributed by atoms with Gasteiger partial charge in [0.2, 0.25) is 0 Å². The summed E-state index contributed by atoms with van der Waals surface area (Å²) in [4.78, 5) is 0. The van der Waals surface area contributed by atoms with Crippen LogP contribution in [0.15, 0.2) is 0 Å². The van der Waals surface area contributed by atoms with Crippen LogP contribution in [-0.2, 0) is 21.1 Å². The summed E-state index contributed by atoms with van der Waals surface area (Å²) in [6, 6.07) is 1.25. The second-order valence-corrected chi connectivity index (χ2v) is 1.25. The molecule has 0 unspecified atom stereocenters. The van der Waals surface area contributed by atoms with Crippen molar-refractivity contribution in [3.63, 3.8) is 0 Å². The summed E-state index contributed by atoms with van der Waals surface area (Å²) in [5.41, 5.74) is 0. The van der Waals surface area contributed by atoms with Gasteiger partial charge in [0.05, 0.1) is 0 Å². The van der Waals surface area contributed by atoms with Crippen LogP contribution in [0.1, 0.15) is 13.8 Å². The molecule has 0 spiro atoms. The van der Waals surface area contributed by atoms with Crippen molar-refractivity contribution in [2.45, 2.75) is 13.8 Å². The Morgan fingerprint density at radius 1 is 1.29 bits per heavy atom. The number of hydrogen-bond acceptors (Lipinski definition) is 1. The molecule has 0 rings (SSSR count). The molecule has 3 heteroatoms. The monoisotopic (exact) mass is 267 g/mol. The predicted octanol–water partition coefficient (Wildman–Crippen LogP) is 0.394. The second-order valence-electron chi connectivity index (χ2n) is 1.25. The summed E-state index contributed by atoms with van der Waals surface area (Å²) in [6.07, 6.45) is 0. The first-order valence-electron chi connectivity index (χ1n) is 1.75. The minimum Gasteiger partial charge on any atom is -0.470 e. The van der Waals surface area contributed by atoms with E-state index in [-0.39, 0.29) is 29.5 Å². The fourth-order valence-electron chi connectivity index (χ4n) is 0. The van der Waals surface area contributed by atoms with Crippen molar-refractivity contribution in [2.24, 2.45) is 0 Å². The molecule has 0 aromatic rings. The first kappa shape index (κ1) is 15.6. The van der Waals surface area contributed by atoms with Gasteiger partial charge in [-0.3, -0.25) is 6.04 Å². The van der Waals surface area contributed by atoms with Crippen LogP contribution in [0.25, 0.3) is 0 Å². The Morgan fingerprint density at radius 2 is 1.43 bits per heavy atom. The Morgan fingerprint density at radius 3 is 1.43 bits per heavy atom. The standard InChI is InChI=1S/C4H10N.B.W/c1-4(2)5-3;;/h5H,1-3H3;;/q-1;;. The third kappa shape index (κ3) is 20.3. The average Bonchev–Trinajstić information content (AvgIpc) is 1.38. The molecule has 0 amide bonds. The maximum absolute atomic E-state index is 2.94. The van der Waals surface area contributed by atoms with Crippen molar-refractivity contribution in [1.82, 2.24) is 5.32 Å². The Kier molecular flexibility index (Phi) is 22.1. The normalized spacial score (nSPS) is 6.86. The fraction of sp³-hybridized carbons (Fsp3) is 0.750. The average molecular weight is 267 g/mol. The summed E-state index contributed by atoms with van der Waals surface area (Å²) < 4.78 is 0. The Hall–Kier alpha value is 0.713. The molecule has 0 saturated heterocycles. The maximum Gasteiger partial charge on any atom is 0 e. The molecule has 0 atom stereocenters. The minimum absolute atomic E-state index is 0. The third-order valence-electron chi connectivity index (χ3n) is 0.500. The van der Waals surface area contributed by atoms with Gasteiger partial charge in [-0.15, -0.1) is 0 Å². The molecule has 1 nitrogen and oxygen atoms in total. The predicted molar refractivity (Wildman–Crippen MR) is 29.4 cm³/mol. The van der Waals surface area contributed by atoms with Crippen LogP contribution in [0.3, 0.4) is 0 Å². The van der Waals surface area contributed by atoms with Crippen LogP contribution in [0.5, 0.6) is 0 Å². The second kappa shape index (κ2) is 9.86. The van der Waals surface area contributed by atoms with Crippen molar-refractivity contribution in [2.75, 3.05) is 7.05 Å². The Balaban J connectivity index is -0.0000000800. The van der Waals surface area contributed by atoms with E-state index < -0.39 is 0 Å². The van der Waals surface area contributed by atoms with E-state index in [4.69, 9.17) is 0 Å². The molecule has 0 aliphatic rings. The van der Waals surface area contributed by atoms with Crippen LogP contribution >= 0.6 is 0 Å². The Labute approximate surface area is 62.1 Å². The van der Waals surface area contributed by atoms with Gasteiger partial charge in [-0.2, -0.15) is 13.8 Å². The van der Waals surface area contributed by atoms with E-state index in [1.54, 1.807) is 0 Å². The molecule has 0 bridgehead atoms. The Bertz CT molecular complexity index is 25.7. The van der Waals surface area contributed by atoms with Gasteiger partial charge in [-0.05, 0) is 7.05 Å². The van der Waals surface area contributed by atoms with Crippen molar-refractivity contribution in [3.05, 3.63) is 6.04 Å². The number of hydrogen-bond donors (Lipinski definition) is 1. The van der Waals surface area contributed by atoms with Gasteiger partial charge >= 0.3 is 0 Å². The zero-order valence-corrected chi connectivity index (χ0v) is 7.92. The van der Waals surface area contributed by atoms with Crippen LogP contribution in [-0.4, -0.2) is 15.5 Å². The molecule has 0 fully saturated rings. The van der Waals surface area contributed by atoms with Crippen LogP contribution in [0.4, 0.5) is 0 Å². The molecule has 41 valence electrons. The fourth-order valence-corrected chi connectivity index (χ4v) is 0. The van der Waals surface area contributed by atoms with Crippen molar-refractivity contribution < 1.29 is 21.1 Å². The van der Waals surface area contributed by atoms with Gasteiger partial charge < -0.3 is 5.32 Å². The first-order valence-corrected chi connectivity index (χ1v) is 1.75. The largest absolute Gasteiger partial charge is 0.470 e. The molecule has 1 N–H and O–H groups in total. The van der Waals surface area contributed by atoms with E-state index in [1.807, 2.05) is 20.9 Å². The SMILES string of the molecule is CN[C-](C)C.[B].[W]. The van der Waals surface area contributed by atoms with E-state index in [1.165, 1.54) is 6.04 Å². The van der Waals surface area contributed by atoms with Crippen molar-refractivity contribution in [1.29, 1.82) is 0 Å². The molecule has 3 radical (unpaired) electrons. The third-order valence-corrected chi connectivity index (χ3v) is 0.500. The maximum atomic E-state index is 2.94.